The molecule has 4 heterocycles. The van der Waals surface area contributed by atoms with Crippen molar-refractivity contribution >= 4 is 39.3 Å². The van der Waals surface area contributed by atoms with Gasteiger partial charge in [0, 0.05) is 62.7 Å². The van der Waals surface area contributed by atoms with Crippen molar-refractivity contribution in [2.24, 2.45) is 0 Å². The molecule has 3 aromatic rings. The Morgan fingerprint density at radius 2 is 2.06 bits per heavy atom. The molecule has 5 rings (SSSR count). The molecule has 0 unspecified atom stereocenters. The van der Waals surface area contributed by atoms with Crippen molar-refractivity contribution < 1.29 is 14.4 Å². The summed E-state index contributed by atoms with van der Waals surface area (Å²) in [5.74, 6) is 0.0392. The molecule has 164 valence electrons. The van der Waals surface area contributed by atoms with Gasteiger partial charge in [-0.25, -0.2) is 4.98 Å². The molecule has 1 atom stereocenters. The summed E-state index contributed by atoms with van der Waals surface area (Å²) in [6.45, 7) is 2.22. The lowest BCUT2D eigenvalue weighted by Crippen LogP contribution is -2.33. The number of nitrogens with one attached hydrogen (secondary N) is 1. The molecule has 32 heavy (non-hydrogen) atoms. The zero-order valence-corrected chi connectivity index (χ0v) is 18.7. The molecule has 8 heteroatoms. The standard InChI is InChI=1S/C24H24N4O3S/c1-25-22(30)21-20(18-7-4-10-26-23(18)32-21)16-8-11-27(14-16)19(29)9-12-28-13-15-5-2-3-6-17(15)24(28)31/h2-7,10,16H,8-9,11-14H2,1H3,(H,25,30)/t16-/m0/s1. The second-order valence-corrected chi connectivity index (χ2v) is 9.24. The SMILES string of the molecule is CNC(=O)c1sc2ncccc2c1[C@H]1CCN(C(=O)CCN2Cc3ccccc3C2=O)C1. The first kappa shape index (κ1) is 20.6. The van der Waals surface area contributed by atoms with Gasteiger partial charge in [0.25, 0.3) is 11.8 Å². The molecule has 2 aromatic heterocycles. The van der Waals surface area contributed by atoms with E-state index in [1.807, 2.05) is 41.3 Å². The van der Waals surface area contributed by atoms with E-state index in [0.29, 0.717) is 37.5 Å². The first-order valence-corrected chi connectivity index (χ1v) is 11.6. The van der Waals surface area contributed by atoms with Gasteiger partial charge in [0.2, 0.25) is 5.91 Å². The molecular weight excluding hydrogens is 424 g/mol. The Hall–Kier alpha value is -3.26. The molecule has 0 spiro atoms. The van der Waals surface area contributed by atoms with E-state index in [1.165, 1.54) is 11.3 Å². The van der Waals surface area contributed by atoms with Crippen LogP contribution < -0.4 is 5.32 Å². The maximum Gasteiger partial charge on any atom is 0.261 e. The Balaban J connectivity index is 1.27. The predicted molar refractivity (Wildman–Crippen MR) is 123 cm³/mol. The minimum atomic E-state index is -0.111. The number of hydrogen-bond donors (Lipinski definition) is 1. The van der Waals surface area contributed by atoms with Crippen LogP contribution in [0.4, 0.5) is 0 Å². The second-order valence-electron chi connectivity index (χ2n) is 8.24. The molecule has 0 aliphatic carbocycles. The van der Waals surface area contributed by atoms with E-state index in [1.54, 1.807) is 18.1 Å². The summed E-state index contributed by atoms with van der Waals surface area (Å²) in [5, 5.41) is 3.73. The van der Waals surface area contributed by atoms with Gasteiger partial charge < -0.3 is 15.1 Å². The summed E-state index contributed by atoms with van der Waals surface area (Å²) in [5.41, 5.74) is 2.75. The van der Waals surface area contributed by atoms with E-state index in [-0.39, 0.29) is 23.6 Å². The highest BCUT2D eigenvalue weighted by Crippen LogP contribution is 2.39. The second kappa shape index (κ2) is 8.35. The monoisotopic (exact) mass is 448 g/mol. The summed E-state index contributed by atoms with van der Waals surface area (Å²) in [6.07, 6.45) is 2.85. The molecule has 0 bridgehead atoms. The van der Waals surface area contributed by atoms with Crippen molar-refractivity contribution in [2.45, 2.75) is 25.3 Å². The van der Waals surface area contributed by atoms with Crippen molar-refractivity contribution in [3.8, 4) is 0 Å². The number of aromatic nitrogens is 1. The molecule has 0 saturated carbocycles. The van der Waals surface area contributed by atoms with Gasteiger partial charge in [-0.1, -0.05) is 24.3 Å². The fourth-order valence-corrected chi connectivity index (χ4v) is 5.92. The highest BCUT2D eigenvalue weighted by atomic mass is 32.1. The lowest BCUT2D eigenvalue weighted by molar-refractivity contribution is -0.130. The van der Waals surface area contributed by atoms with E-state index in [9.17, 15) is 14.4 Å². The third-order valence-corrected chi connectivity index (χ3v) is 7.51. The van der Waals surface area contributed by atoms with E-state index in [4.69, 9.17) is 0 Å². The molecule has 1 saturated heterocycles. The fraction of sp³-hybridized carbons (Fsp3) is 0.333. The fourth-order valence-electron chi connectivity index (χ4n) is 4.74. The number of benzene rings is 1. The number of carbonyl (C=O) groups is 3. The first-order chi connectivity index (χ1) is 15.6. The number of nitrogens with zero attached hydrogens (tertiary/aromatic N) is 3. The molecule has 1 fully saturated rings. The van der Waals surface area contributed by atoms with Crippen LogP contribution in [0.25, 0.3) is 10.2 Å². The molecule has 2 aliphatic heterocycles. The van der Waals surface area contributed by atoms with Crippen LogP contribution >= 0.6 is 11.3 Å². The van der Waals surface area contributed by atoms with Gasteiger partial charge in [0.05, 0.1) is 4.88 Å². The van der Waals surface area contributed by atoms with Crippen molar-refractivity contribution in [3.05, 3.63) is 64.2 Å². The summed E-state index contributed by atoms with van der Waals surface area (Å²) >= 11 is 1.40. The number of fused-ring (bicyclic) bond motifs is 2. The molecule has 1 aromatic carbocycles. The van der Waals surface area contributed by atoms with Crippen LogP contribution in [0.2, 0.25) is 0 Å². The number of thiophene rings is 1. The normalized spacial score (nSPS) is 17.8. The Morgan fingerprint density at radius 3 is 2.88 bits per heavy atom. The van der Waals surface area contributed by atoms with Crippen LogP contribution in [0.3, 0.4) is 0 Å². The highest BCUT2D eigenvalue weighted by Gasteiger charge is 2.33. The maximum absolute atomic E-state index is 12.9. The maximum atomic E-state index is 12.9. The van der Waals surface area contributed by atoms with Crippen molar-refractivity contribution in [1.29, 1.82) is 0 Å². The van der Waals surface area contributed by atoms with Crippen LogP contribution in [0.1, 0.15) is 49.9 Å². The minimum Gasteiger partial charge on any atom is -0.354 e. The summed E-state index contributed by atoms with van der Waals surface area (Å²) in [4.78, 5) is 47.6. The number of pyridine rings is 1. The van der Waals surface area contributed by atoms with E-state index < -0.39 is 0 Å². The molecule has 1 N–H and O–H groups in total. The van der Waals surface area contributed by atoms with Crippen molar-refractivity contribution in [2.75, 3.05) is 26.7 Å². The molecule has 7 nitrogen and oxygen atoms in total. The van der Waals surface area contributed by atoms with Gasteiger partial charge in [-0.3, -0.25) is 14.4 Å². The Morgan fingerprint density at radius 1 is 1.22 bits per heavy atom. The molecular formula is C24H24N4O3S. The average Bonchev–Trinajstić information content (AvgIpc) is 3.52. The van der Waals surface area contributed by atoms with Crippen LogP contribution in [-0.2, 0) is 11.3 Å². The third-order valence-electron chi connectivity index (χ3n) is 6.38. The van der Waals surface area contributed by atoms with Crippen LogP contribution in [-0.4, -0.2) is 59.2 Å². The Bertz CT molecular complexity index is 1220. The summed E-state index contributed by atoms with van der Waals surface area (Å²) in [7, 11) is 1.63. The molecule has 0 radical (unpaired) electrons. The van der Waals surface area contributed by atoms with Gasteiger partial charge in [0.15, 0.2) is 0 Å². The van der Waals surface area contributed by atoms with Gasteiger partial charge in [-0.2, -0.15) is 0 Å². The highest BCUT2D eigenvalue weighted by molar-refractivity contribution is 7.20. The largest absolute Gasteiger partial charge is 0.354 e. The van der Waals surface area contributed by atoms with Crippen LogP contribution in [0, 0.1) is 0 Å². The molecule has 2 aliphatic rings. The van der Waals surface area contributed by atoms with Crippen LogP contribution in [0.5, 0.6) is 0 Å². The lowest BCUT2D eigenvalue weighted by Gasteiger charge is -2.20. The van der Waals surface area contributed by atoms with Gasteiger partial charge in [0.1, 0.15) is 4.83 Å². The summed E-state index contributed by atoms with van der Waals surface area (Å²) in [6, 6.07) is 11.5. The van der Waals surface area contributed by atoms with E-state index in [2.05, 4.69) is 10.3 Å². The third kappa shape index (κ3) is 3.54. The Labute approximate surface area is 190 Å². The van der Waals surface area contributed by atoms with E-state index in [0.717, 1.165) is 33.3 Å². The number of amides is 3. The Kier molecular flexibility index (Phi) is 5.38. The van der Waals surface area contributed by atoms with Crippen molar-refractivity contribution in [1.82, 2.24) is 20.1 Å². The predicted octanol–water partition coefficient (Wildman–Crippen LogP) is 3.02. The summed E-state index contributed by atoms with van der Waals surface area (Å²) < 4.78 is 0. The first-order valence-electron chi connectivity index (χ1n) is 10.8. The number of rotatable bonds is 5. The molecule has 3 amide bonds. The van der Waals surface area contributed by atoms with Gasteiger partial charge in [-0.15, -0.1) is 11.3 Å². The van der Waals surface area contributed by atoms with E-state index >= 15 is 0 Å². The van der Waals surface area contributed by atoms with Crippen molar-refractivity contribution in [3.63, 3.8) is 0 Å². The zero-order chi connectivity index (χ0) is 22.2. The lowest BCUT2D eigenvalue weighted by atomic mass is 9.95. The van der Waals surface area contributed by atoms with Gasteiger partial charge >= 0.3 is 0 Å². The number of likely N-dealkylation sites (tertiary alicyclic amines) is 1. The number of hydrogen-bond acceptors (Lipinski definition) is 5. The van der Waals surface area contributed by atoms with Crippen LogP contribution in [0.15, 0.2) is 42.6 Å². The smallest absolute Gasteiger partial charge is 0.261 e. The topological polar surface area (TPSA) is 82.6 Å². The number of carbonyl (C=O) groups excluding carboxylic acids is 3. The average molecular weight is 449 g/mol. The zero-order valence-electron chi connectivity index (χ0n) is 17.8. The quantitative estimate of drug-likeness (QED) is 0.651. The van der Waals surface area contributed by atoms with Gasteiger partial charge in [-0.05, 0) is 29.7 Å². The minimum absolute atomic E-state index is 0.000149.